The summed E-state index contributed by atoms with van der Waals surface area (Å²) in [6, 6.07) is 13.0. The Kier molecular flexibility index (Phi) is 5.08. The van der Waals surface area contributed by atoms with E-state index >= 15 is 0 Å². The molecular formula is C20H18N4O5S2. The largest absolute Gasteiger partial charge is 0.454 e. The van der Waals surface area contributed by atoms with Crippen molar-refractivity contribution in [3.8, 4) is 11.5 Å². The second-order valence-corrected chi connectivity index (χ2v) is 9.95. The van der Waals surface area contributed by atoms with Crippen LogP contribution < -0.4 is 14.8 Å². The first-order valence-corrected chi connectivity index (χ1v) is 11.9. The summed E-state index contributed by atoms with van der Waals surface area (Å²) in [5.74, 6) is 0.763. The van der Waals surface area contributed by atoms with Gasteiger partial charge in [-0.1, -0.05) is 29.5 Å². The van der Waals surface area contributed by atoms with Gasteiger partial charge < -0.3 is 14.8 Å². The number of benzene rings is 2. The van der Waals surface area contributed by atoms with Crippen molar-refractivity contribution in [1.29, 1.82) is 0 Å². The van der Waals surface area contributed by atoms with Gasteiger partial charge in [0.15, 0.2) is 11.5 Å². The van der Waals surface area contributed by atoms with Gasteiger partial charge in [0.05, 0.1) is 10.9 Å². The Bertz CT molecular complexity index is 1230. The van der Waals surface area contributed by atoms with Gasteiger partial charge in [0.1, 0.15) is 5.01 Å². The molecule has 0 spiro atoms. The van der Waals surface area contributed by atoms with Gasteiger partial charge in [-0.25, -0.2) is 8.42 Å². The van der Waals surface area contributed by atoms with Crippen LogP contribution in [0.25, 0.3) is 0 Å². The predicted octanol–water partition coefficient (Wildman–Crippen LogP) is 3.04. The number of rotatable bonds is 5. The lowest BCUT2D eigenvalue weighted by molar-refractivity contribution is 0.102. The van der Waals surface area contributed by atoms with E-state index in [1.54, 1.807) is 48.5 Å². The molecule has 160 valence electrons. The summed E-state index contributed by atoms with van der Waals surface area (Å²) in [6.45, 7) is 0.552. The van der Waals surface area contributed by atoms with Crippen molar-refractivity contribution in [3.63, 3.8) is 0 Å². The maximum atomic E-state index is 13.1. The molecule has 0 unspecified atom stereocenters. The summed E-state index contributed by atoms with van der Waals surface area (Å²) in [5.41, 5.74) is 0.542. The Labute approximate surface area is 182 Å². The van der Waals surface area contributed by atoms with Crippen LogP contribution >= 0.6 is 11.3 Å². The number of amides is 1. The normalized spacial score (nSPS) is 18.3. The van der Waals surface area contributed by atoms with Crippen molar-refractivity contribution in [2.45, 2.75) is 23.8 Å². The lowest BCUT2D eigenvalue weighted by Crippen LogP contribution is -2.30. The monoisotopic (exact) mass is 458 g/mol. The quantitative estimate of drug-likeness (QED) is 0.626. The van der Waals surface area contributed by atoms with E-state index in [4.69, 9.17) is 9.47 Å². The third-order valence-electron chi connectivity index (χ3n) is 5.10. The molecule has 1 amide bonds. The Hall–Kier alpha value is -3.02. The third kappa shape index (κ3) is 3.75. The highest BCUT2D eigenvalue weighted by atomic mass is 32.2. The topological polar surface area (TPSA) is 111 Å². The van der Waals surface area contributed by atoms with Gasteiger partial charge in [-0.3, -0.25) is 4.79 Å². The Morgan fingerprint density at radius 3 is 2.74 bits per heavy atom. The maximum absolute atomic E-state index is 13.1. The van der Waals surface area contributed by atoms with Crippen molar-refractivity contribution >= 4 is 33.0 Å². The minimum atomic E-state index is -3.66. The first kappa shape index (κ1) is 19.9. The number of nitrogens with one attached hydrogen (secondary N) is 1. The van der Waals surface area contributed by atoms with Crippen LogP contribution in [0.1, 0.15) is 33.7 Å². The number of sulfonamides is 1. The molecule has 0 aliphatic carbocycles. The van der Waals surface area contributed by atoms with Crippen molar-refractivity contribution < 1.29 is 22.7 Å². The summed E-state index contributed by atoms with van der Waals surface area (Å²) in [4.78, 5) is 12.9. The fraction of sp³-hybridized carbons (Fsp3) is 0.250. The second-order valence-electron chi connectivity index (χ2n) is 7.05. The van der Waals surface area contributed by atoms with Gasteiger partial charge in [0.2, 0.25) is 21.8 Å². The number of carbonyl (C=O) groups excluding carboxylic acids is 1. The molecule has 5 rings (SSSR count). The molecule has 1 atom stereocenters. The van der Waals surface area contributed by atoms with Crippen LogP contribution in [0.5, 0.6) is 11.5 Å². The molecular weight excluding hydrogens is 440 g/mol. The molecule has 3 heterocycles. The Morgan fingerprint density at radius 1 is 1.10 bits per heavy atom. The standard InChI is InChI=1S/C20H18N4O5S2/c25-18(21-13-8-9-16-17(11-13)29-12-28-16)20-23-22-19(30-20)15-7-4-10-24(15)31(26,27)14-5-2-1-3-6-14/h1-3,5-6,8-9,11,15H,4,7,10,12H2,(H,21,25)/t15-/m0/s1. The number of carbonyl (C=O) groups is 1. The van der Waals surface area contributed by atoms with Gasteiger partial charge in [-0.2, -0.15) is 4.31 Å². The van der Waals surface area contributed by atoms with Crippen LogP contribution in [0.2, 0.25) is 0 Å². The number of fused-ring (bicyclic) bond motifs is 1. The molecule has 0 radical (unpaired) electrons. The van der Waals surface area contributed by atoms with E-state index in [1.807, 2.05) is 0 Å². The molecule has 3 aromatic rings. The van der Waals surface area contributed by atoms with Crippen molar-refractivity contribution in [2.24, 2.45) is 0 Å². The molecule has 2 aliphatic heterocycles. The molecule has 1 N–H and O–H groups in total. The molecule has 11 heteroatoms. The molecule has 2 aliphatic rings. The van der Waals surface area contributed by atoms with Gasteiger partial charge in [-0.15, -0.1) is 10.2 Å². The number of nitrogens with zero attached hydrogens (tertiary/aromatic N) is 3. The zero-order valence-electron chi connectivity index (χ0n) is 16.2. The first-order valence-electron chi connectivity index (χ1n) is 9.64. The Morgan fingerprint density at radius 2 is 1.90 bits per heavy atom. The van der Waals surface area contributed by atoms with E-state index in [0.717, 1.165) is 17.8 Å². The van der Waals surface area contributed by atoms with Crippen LogP contribution in [-0.2, 0) is 10.0 Å². The summed E-state index contributed by atoms with van der Waals surface area (Å²) in [6.07, 6.45) is 1.35. The van der Waals surface area contributed by atoms with Gasteiger partial charge in [0, 0.05) is 18.3 Å². The molecule has 31 heavy (non-hydrogen) atoms. The van der Waals surface area contributed by atoms with E-state index in [-0.39, 0.29) is 16.7 Å². The smallest absolute Gasteiger partial charge is 0.286 e. The minimum absolute atomic E-state index is 0.149. The summed E-state index contributed by atoms with van der Waals surface area (Å²) in [7, 11) is -3.66. The number of anilines is 1. The molecule has 1 saturated heterocycles. The summed E-state index contributed by atoms with van der Waals surface area (Å²) in [5, 5.41) is 11.6. The molecule has 1 aromatic heterocycles. The average Bonchev–Trinajstić information content (AvgIpc) is 3.53. The van der Waals surface area contributed by atoms with E-state index in [0.29, 0.717) is 35.2 Å². The highest BCUT2D eigenvalue weighted by Crippen LogP contribution is 2.38. The number of hydrogen-bond acceptors (Lipinski definition) is 8. The Balaban J connectivity index is 1.34. The SMILES string of the molecule is O=C(Nc1ccc2c(c1)OCO2)c1nnc([C@@H]2CCCN2S(=O)(=O)c2ccccc2)s1. The first-order chi connectivity index (χ1) is 15.0. The third-order valence-corrected chi connectivity index (χ3v) is 8.05. The average molecular weight is 459 g/mol. The van der Waals surface area contributed by atoms with Gasteiger partial charge in [-0.05, 0) is 37.1 Å². The zero-order valence-corrected chi connectivity index (χ0v) is 17.9. The molecule has 9 nitrogen and oxygen atoms in total. The molecule has 0 bridgehead atoms. The summed E-state index contributed by atoms with van der Waals surface area (Å²) < 4.78 is 38.2. The van der Waals surface area contributed by atoms with Crippen LogP contribution in [0, 0.1) is 0 Å². The lowest BCUT2D eigenvalue weighted by Gasteiger charge is -2.22. The molecule has 1 fully saturated rings. The molecule has 0 saturated carbocycles. The van der Waals surface area contributed by atoms with E-state index < -0.39 is 22.0 Å². The number of hydrogen-bond donors (Lipinski definition) is 1. The fourth-order valence-corrected chi connectivity index (χ4v) is 6.26. The lowest BCUT2D eigenvalue weighted by atomic mass is 10.2. The number of aromatic nitrogens is 2. The summed E-state index contributed by atoms with van der Waals surface area (Å²) >= 11 is 1.10. The van der Waals surface area contributed by atoms with Crippen molar-refractivity contribution in [1.82, 2.24) is 14.5 Å². The van der Waals surface area contributed by atoms with Crippen molar-refractivity contribution in [3.05, 3.63) is 58.5 Å². The fourth-order valence-electron chi connectivity index (χ4n) is 3.62. The van der Waals surface area contributed by atoms with E-state index in [9.17, 15) is 13.2 Å². The predicted molar refractivity (Wildman–Crippen MR) is 113 cm³/mol. The number of ether oxygens (including phenoxy) is 2. The highest BCUT2D eigenvalue weighted by Gasteiger charge is 2.38. The van der Waals surface area contributed by atoms with Gasteiger partial charge >= 0.3 is 0 Å². The van der Waals surface area contributed by atoms with E-state index in [2.05, 4.69) is 15.5 Å². The second kappa shape index (κ2) is 7.91. The highest BCUT2D eigenvalue weighted by molar-refractivity contribution is 7.89. The van der Waals surface area contributed by atoms with Crippen LogP contribution in [0.4, 0.5) is 5.69 Å². The van der Waals surface area contributed by atoms with E-state index in [1.165, 1.54) is 4.31 Å². The minimum Gasteiger partial charge on any atom is -0.454 e. The maximum Gasteiger partial charge on any atom is 0.286 e. The van der Waals surface area contributed by atoms with Crippen LogP contribution in [-0.4, -0.2) is 42.2 Å². The van der Waals surface area contributed by atoms with Gasteiger partial charge in [0.25, 0.3) is 5.91 Å². The molecule has 2 aromatic carbocycles. The zero-order chi connectivity index (χ0) is 21.4. The van der Waals surface area contributed by atoms with Crippen molar-refractivity contribution in [2.75, 3.05) is 18.7 Å². The van der Waals surface area contributed by atoms with Crippen LogP contribution in [0.15, 0.2) is 53.4 Å². The van der Waals surface area contributed by atoms with Crippen LogP contribution in [0.3, 0.4) is 0 Å².